The largest absolute Gasteiger partial charge is 0.493 e. The first-order valence-corrected chi connectivity index (χ1v) is 10.0. The predicted octanol–water partition coefficient (Wildman–Crippen LogP) is 5.38. The van der Waals surface area contributed by atoms with Gasteiger partial charge in [-0.1, -0.05) is 36.4 Å². The Morgan fingerprint density at radius 1 is 1.00 bits per heavy atom. The zero-order valence-electron chi connectivity index (χ0n) is 16.1. The minimum atomic E-state index is -0.683. The number of hydrogen-bond donors (Lipinski definition) is 1. The molecule has 29 heavy (non-hydrogen) atoms. The molecule has 0 aliphatic rings. The Balaban J connectivity index is 1.49. The summed E-state index contributed by atoms with van der Waals surface area (Å²) in [4.78, 5) is 17.3. The molecule has 4 rings (SSSR count). The summed E-state index contributed by atoms with van der Waals surface area (Å²) in [5.74, 6) is 0.878. The molecular weight excluding hydrogens is 384 g/mol. The van der Waals surface area contributed by atoms with Crippen molar-refractivity contribution in [1.29, 1.82) is 0 Å². The number of para-hydroxylation sites is 3. The van der Waals surface area contributed by atoms with Crippen LogP contribution in [0.25, 0.3) is 20.8 Å². The average Bonchev–Trinajstić information content (AvgIpc) is 3.18. The van der Waals surface area contributed by atoms with Gasteiger partial charge >= 0.3 is 0 Å². The first kappa shape index (κ1) is 19.0. The van der Waals surface area contributed by atoms with Gasteiger partial charge in [0.2, 0.25) is 0 Å². The van der Waals surface area contributed by atoms with E-state index in [1.54, 1.807) is 37.5 Å². The molecule has 146 valence electrons. The van der Waals surface area contributed by atoms with Crippen molar-refractivity contribution >= 4 is 33.1 Å². The van der Waals surface area contributed by atoms with E-state index in [1.165, 1.54) is 0 Å². The molecule has 0 saturated heterocycles. The maximum Gasteiger partial charge on any atom is 0.265 e. The number of anilines is 1. The molecule has 1 heterocycles. The minimum Gasteiger partial charge on any atom is -0.493 e. The summed E-state index contributed by atoms with van der Waals surface area (Å²) in [6.45, 7) is 1.71. The lowest BCUT2D eigenvalue weighted by atomic mass is 10.2. The molecular formula is C23H20N2O3S. The van der Waals surface area contributed by atoms with Gasteiger partial charge in [-0.25, -0.2) is 4.98 Å². The number of benzene rings is 3. The second kappa shape index (κ2) is 8.32. The zero-order chi connectivity index (χ0) is 20.2. The van der Waals surface area contributed by atoms with Gasteiger partial charge in [-0.3, -0.25) is 4.79 Å². The van der Waals surface area contributed by atoms with E-state index < -0.39 is 6.10 Å². The van der Waals surface area contributed by atoms with Crippen molar-refractivity contribution in [2.45, 2.75) is 13.0 Å². The van der Waals surface area contributed by atoms with E-state index in [2.05, 4.69) is 16.4 Å². The lowest BCUT2D eigenvalue weighted by Crippen LogP contribution is -2.30. The molecule has 1 N–H and O–H groups in total. The van der Waals surface area contributed by atoms with Gasteiger partial charge in [-0.15, -0.1) is 11.3 Å². The highest BCUT2D eigenvalue weighted by atomic mass is 32.1. The van der Waals surface area contributed by atoms with E-state index in [4.69, 9.17) is 9.47 Å². The lowest BCUT2D eigenvalue weighted by Gasteiger charge is -2.16. The van der Waals surface area contributed by atoms with E-state index in [9.17, 15) is 4.79 Å². The fourth-order valence-electron chi connectivity index (χ4n) is 2.93. The van der Waals surface area contributed by atoms with Gasteiger partial charge < -0.3 is 14.8 Å². The molecule has 1 amide bonds. The van der Waals surface area contributed by atoms with Crippen molar-refractivity contribution in [2.24, 2.45) is 0 Å². The first-order valence-electron chi connectivity index (χ1n) is 9.20. The van der Waals surface area contributed by atoms with Crippen LogP contribution in [0.4, 0.5) is 5.69 Å². The molecule has 3 aromatic carbocycles. The molecule has 0 saturated carbocycles. The second-order valence-electron chi connectivity index (χ2n) is 6.47. The van der Waals surface area contributed by atoms with E-state index in [1.807, 2.05) is 54.6 Å². The predicted molar refractivity (Wildman–Crippen MR) is 117 cm³/mol. The average molecular weight is 404 g/mol. The standard InChI is InChI=1S/C23H20N2O3S/c1-15(28-20-12-5-4-11-19(20)27-2)22(26)24-17-9-7-8-16(14-17)23-25-18-10-3-6-13-21(18)29-23/h3-15H,1-2H3,(H,24,26)/t15-/m0/s1. The van der Waals surface area contributed by atoms with Crippen LogP contribution in [0.15, 0.2) is 72.8 Å². The highest BCUT2D eigenvalue weighted by Crippen LogP contribution is 2.31. The number of fused-ring (bicyclic) bond motifs is 1. The van der Waals surface area contributed by atoms with Gasteiger partial charge in [0.05, 0.1) is 17.3 Å². The number of aromatic nitrogens is 1. The summed E-state index contributed by atoms with van der Waals surface area (Å²) in [6, 6.07) is 23.0. The number of carbonyl (C=O) groups excluding carboxylic acids is 1. The topological polar surface area (TPSA) is 60.5 Å². The van der Waals surface area contributed by atoms with Crippen molar-refractivity contribution in [3.63, 3.8) is 0 Å². The highest BCUT2D eigenvalue weighted by Gasteiger charge is 2.17. The Hall–Kier alpha value is -3.38. The van der Waals surface area contributed by atoms with Crippen molar-refractivity contribution < 1.29 is 14.3 Å². The minimum absolute atomic E-state index is 0.239. The van der Waals surface area contributed by atoms with Gasteiger partial charge in [-0.05, 0) is 43.3 Å². The summed E-state index contributed by atoms with van der Waals surface area (Å²) in [6.07, 6.45) is -0.683. The molecule has 1 aromatic heterocycles. The van der Waals surface area contributed by atoms with Crippen LogP contribution in [0.2, 0.25) is 0 Å². The molecule has 1 atom stereocenters. The maximum atomic E-state index is 12.6. The van der Waals surface area contributed by atoms with Crippen molar-refractivity contribution in [1.82, 2.24) is 4.98 Å². The van der Waals surface area contributed by atoms with Gasteiger partial charge in [0.25, 0.3) is 5.91 Å². The molecule has 6 heteroatoms. The number of methoxy groups -OCH3 is 1. The summed E-state index contributed by atoms with van der Waals surface area (Å²) in [7, 11) is 1.57. The molecule has 0 radical (unpaired) electrons. The highest BCUT2D eigenvalue weighted by molar-refractivity contribution is 7.21. The van der Waals surface area contributed by atoms with Gasteiger partial charge in [0.15, 0.2) is 17.6 Å². The Bertz CT molecular complexity index is 1120. The smallest absolute Gasteiger partial charge is 0.265 e. The Kier molecular flexibility index (Phi) is 5.44. The Labute approximate surface area is 172 Å². The normalized spacial score (nSPS) is 11.8. The van der Waals surface area contributed by atoms with Crippen LogP contribution in [-0.4, -0.2) is 24.1 Å². The third kappa shape index (κ3) is 4.22. The number of nitrogens with one attached hydrogen (secondary N) is 1. The zero-order valence-corrected chi connectivity index (χ0v) is 16.9. The summed E-state index contributed by atoms with van der Waals surface area (Å²) >= 11 is 1.63. The Morgan fingerprint density at radius 2 is 1.76 bits per heavy atom. The molecule has 0 aliphatic carbocycles. The molecule has 0 fully saturated rings. The van der Waals surface area contributed by atoms with Crippen molar-refractivity contribution in [3.8, 4) is 22.1 Å². The van der Waals surface area contributed by atoms with Gasteiger partial charge in [0, 0.05) is 11.3 Å². The molecule has 0 unspecified atom stereocenters. The Morgan fingerprint density at radius 3 is 2.55 bits per heavy atom. The fraction of sp³-hybridized carbons (Fsp3) is 0.130. The van der Waals surface area contributed by atoms with Crippen molar-refractivity contribution in [2.75, 3.05) is 12.4 Å². The monoisotopic (exact) mass is 404 g/mol. The van der Waals surface area contributed by atoms with Crippen LogP contribution in [0, 0.1) is 0 Å². The summed E-state index contributed by atoms with van der Waals surface area (Å²) in [5, 5.41) is 3.83. The van der Waals surface area contributed by atoms with Gasteiger partial charge in [-0.2, -0.15) is 0 Å². The number of ether oxygens (including phenoxy) is 2. The molecule has 5 nitrogen and oxygen atoms in total. The van der Waals surface area contributed by atoms with Crippen LogP contribution < -0.4 is 14.8 Å². The van der Waals surface area contributed by atoms with Crippen LogP contribution in [-0.2, 0) is 4.79 Å². The van der Waals surface area contributed by atoms with E-state index >= 15 is 0 Å². The van der Waals surface area contributed by atoms with Crippen LogP contribution in [0.5, 0.6) is 11.5 Å². The van der Waals surface area contributed by atoms with E-state index in [-0.39, 0.29) is 5.91 Å². The second-order valence-corrected chi connectivity index (χ2v) is 7.50. The number of thiazole rings is 1. The number of hydrogen-bond acceptors (Lipinski definition) is 5. The number of rotatable bonds is 6. The lowest BCUT2D eigenvalue weighted by molar-refractivity contribution is -0.122. The summed E-state index contributed by atoms with van der Waals surface area (Å²) < 4.78 is 12.2. The quantitative estimate of drug-likeness (QED) is 0.469. The van der Waals surface area contributed by atoms with Crippen LogP contribution >= 0.6 is 11.3 Å². The van der Waals surface area contributed by atoms with Crippen molar-refractivity contribution in [3.05, 3.63) is 72.8 Å². The molecule has 0 bridgehead atoms. The molecule has 4 aromatic rings. The fourth-order valence-corrected chi connectivity index (χ4v) is 3.89. The SMILES string of the molecule is COc1ccccc1O[C@@H](C)C(=O)Nc1cccc(-c2nc3ccccc3s2)c1. The number of carbonyl (C=O) groups is 1. The van der Waals surface area contributed by atoms with E-state index in [0.717, 1.165) is 20.8 Å². The van der Waals surface area contributed by atoms with Crippen LogP contribution in [0.3, 0.4) is 0 Å². The third-order valence-electron chi connectivity index (χ3n) is 4.41. The molecule has 0 aliphatic heterocycles. The third-order valence-corrected chi connectivity index (χ3v) is 5.50. The first-order chi connectivity index (χ1) is 14.1. The summed E-state index contributed by atoms with van der Waals surface area (Å²) in [5.41, 5.74) is 2.63. The maximum absolute atomic E-state index is 12.6. The van der Waals surface area contributed by atoms with Gasteiger partial charge in [0.1, 0.15) is 5.01 Å². The van der Waals surface area contributed by atoms with Crippen LogP contribution in [0.1, 0.15) is 6.92 Å². The number of nitrogens with zero attached hydrogens (tertiary/aromatic N) is 1. The number of amides is 1. The van der Waals surface area contributed by atoms with E-state index in [0.29, 0.717) is 17.2 Å². The molecule has 0 spiro atoms.